The molecule has 3 N–H and O–H groups in total. The van der Waals surface area contributed by atoms with Crippen LogP contribution in [0, 0.1) is 0 Å². The molecule has 0 atom stereocenters. The van der Waals surface area contributed by atoms with Crippen molar-refractivity contribution in [2.24, 2.45) is 0 Å². The predicted octanol–water partition coefficient (Wildman–Crippen LogP) is 3.69. The van der Waals surface area contributed by atoms with E-state index in [9.17, 15) is 9.59 Å². The highest BCUT2D eigenvalue weighted by atomic mass is 16.5. The molecular weight excluding hydrogens is 402 g/mol. The Kier molecular flexibility index (Phi) is 5.08. The van der Waals surface area contributed by atoms with Gasteiger partial charge in [0.05, 0.1) is 21.3 Å². The molecule has 2 aromatic heterocycles. The lowest BCUT2D eigenvalue weighted by molar-refractivity contribution is 0.0691. The molecule has 0 bridgehead atoms. The lowest BCUT2D eigenvalue weighted by Crippen LogP contribution is -2.13. The smallest absolute Gasteiger partial charge is 0.352 e. The zero-order chi connectivity index (χ0) is 22.1. The average molecular weight is 421 g/mol. The summed E-state index contributed by atoms with van der Waals surface area (Å²) in [6, 6.07) is 9.94. The molecule has 0 spiro atoms. The molecule has 1 amide bonds. The Labute approximate surface area is 176 Å². The number of hydrogen-bond acceptors (Lipinski definition) is 6. The monoisotopic (exact) mass is 421 g/mol. The number of benzene rings is 2. The summed E-state index contributed by atoms with van der Waals surface area (Å²) in [5, 5.41) is 13.9. The number of carboxylic acids is 1. The van der Waals surface area contributed by atoms with E-state index in [2.05, 4.69) is 15.3 Å². The molecule has 0 saturated carbocycles. The fourth-order valence-electron chi connectivity index (χ4n) is 3.41. The number of anilines is 1. The Bertz CT molecular complexity index is 1330. The number of hydrogen-bond donors (Lipinski definition) is 3. The van der Waals surface area contributed by atoms with E-state index in [0.29, 0.717) is 39.2 Å². The van der Waals surface area contributed by atoms with Crippen LogP contribution < -0.4 is 19.5 Å². The van der Waals surface area contributed by atoms with Crippen LogP contribution in [0.25, 0.3) is 21.7 Å². The number of aromatic nitrogens is 2. The molecule has 4 aromatic rings. The number of aromatic carboxylic acids is 1. The van der Waals surface area contributed by atoms with Crippen LogP contribution in [0.4, 0.5) is 5.69 Å². The number of pyridine rings is 1. The molecule has 4 rings (SSSR count). The van der Waals surface area contributed by atoms with E-state index in [1.54, 1.807) is 36.5 Å². The van der Waals surface area contributed by atoms with Crippen LogP contribution in [0.3, 0.4) is 0 Å². The Morgan fingerprint density at radius 3 is 2.42 bits per heavy atom. The maximum atomic E-state index is 12.8. The summed E-state index contributed by atoms with van der Waals surface area (Å²) in [5.74, 6) is -0.132. The molecule has 9 heteroatoms. The number of methoxy groups -OCH3 is 3. The third-order valence-corrected chi connectivity index (χ3v) is 4.87. The van der Waals surface area contributed by atoms with E-state index >= 15 is 0 Å². The highest BCUT2D eigenvalue weighted by Crippen LogP contribution is 2.43. The zero-order valence-corrected chi connectivity index (χ0v) is 17.0. The lowest BCUT2D eigenvalue weighted by Gasteiger charge is -2.15. The largest absolute Gasteiger partial charge is 0.493 e. The van der Waals surface area contributed by atoms with Gasteiger partial charge in [-0.05, 0) is 36.4 Å². The molecule has 0 aliphatic heterocycles. The lowest BCUT2D eigenvalue weighted by atomic mass is 10.1. The van der Waals surface area contributed by atoms with Crippen LogP contribution in [-0.2, 0) is 0 Å². The van der Waals surface area contributed by atoms with Crippen LogP contribution in [0.5, 0.6) is 17.2 Å². The number of carbonyl (C=O) groups excluding carboxylic acids is 1. The third-order valence-electron chi connectivity index (χ3n) is 4.87. The summed E-state index contributed by atoms with van der Waals surface area (Å²) in [6.45, 7) is 0. The molecule has 2 aromatic carbocycles. The first-order chi connectivity index (χ1) is 14.9. The Hall–Kier alpha value is -4.27. The molecule has 0 aliphatic rings. The van der Waals surface area contributed by atoms with Crippen LogP contribution in [0.1, 0.15) is 21.0 Å². The van der Waals surface area contributed by atoms with Crippen LogP contribution in [0.2, 0.25) is 0 Å². The third kappa shape index (κ3) is 3.57. The van der Waals surface area contributed by atoms with Crippen molar-refractivity contribution in [1.29, 1.82) is 0 Å². The van der Waals surface area contributed by atoms with Gasteiger partial charge in [0.25, 0.3) is 5.91 Å². The minimum Gasteiger partial charge on any atom is -0.493 e. The minimum absolute atomic E-state index is 0.0751. The minimum atomic E-state index is -1.05. The fraction of sp³-hybridized carbons (Fsp3) is 0.136. The van der Waals surface area contributed by atoms with Gasteiger partial charge in [-0.2, -0.15) is 0 Å². The number of ether oxygens (including phenoxy) is 3. The summed E-state index contributed by atoms with van der Waals surface area (Å²) in [4.78, 5) is 31.0. The van der Waals surface area contributed by atoms with Crippen molar-refractivity contribution in [3.63, 3.8) is 0 Å². The summed E-state index contributed by atoms with van der Waals surface area (Å²) < 4.78 is 16.2. The van der Waals surface area contributed by atoms with Gasteiger partial charge in [0, 0.05) is 33.6 Å². The molecule has 2 heterocycles. The molecule has 31 heavy (non-hydrogen) atoms. The van der Waals surface area contributed by atoms with E-state index in [1.165, 1.54) is 27.4 Å². The number of aromatic amines is 1. The Morgan fingerprint density at radius 1 is 0.968 bits per heavy atom. The van der Waals surface area contributed by atoms with Gasteiger partial charge < -0.3 is 29.6 Å². The Morgan fingerprint density at radius 2 is 1.74 bits per heavy atom. The van der Waals surface area contributed by atoms with Crippen LogP contribution in [0.15, 0.2) is 42.6 Å². The molecule has 0 fully saturated rings. The summed E-state index contributed by atoms with van der Waals surface area (Å²) in [6.07, 6.45) is 1.56. The maximum Gasteiger partial charge on any atom is 0.352 e. The standard InChI is InChI=1S/C22H19N3O6/c1-29-18-8-12-10-23-16(9-14(12)19(30-2)20(18)31-3)21(26)24-13-4-5-15-11(6-13)7-17(25-15)22(27)28/h4-10,25H,1-3H3,(H,24,26)(H,27,28). The quantitative estimate of drug-likeness (QED) is 0.434. The number of rotatable bonds is 6. The number of fused-ring (bicyclic) bond motifs is 2. The molecule has 0 unspecified atom stereocenters. The predicted molar refractivity (Wildman–Crippen MR) is 115 cm³/mol. The number of nitrogens with one attached hydrogen (secondary N) is 2. The van der Waals surface area contributed by atoms with E-state index in [-0.39, 0.29) is 11.4 Å². The number of amides is 1. The van der Waals surface area contributed by atoms with Gasteiger partial charge in [-0.1, -0.05) is 0 Å². The Balaban J connectivity index is 1.69. The molecule has 0 aliphatic carbocycles. The average Bonchev–Trinajstić information content (AvgIpc) is 3.21. The molecule has 0 saturated heterocycles. The molecule has 158 valence electrons. The second kappa shape index (κ2) is 7.86. The van der Waals surface area contributed by atoms with E-state index in [1.807, 2.05) is 0 Å². The van der Waals surface area contributed by atoms with Crippen molar-refractivity contribution in [3.8, 4) is 17.2 Å². The summed E-state index contributed by atoms with van der Waals surface area (Å²) in [5.41, 5.74) is 1.42. The highest BCUT2D eigenvalue weighted by Gasteiger charge is 2.18. The van der Waals surface area contributed by atoms with Crippen molar-refractivity contribution < 1.29 is 28.9 Å². The first-order valence-electron chi connectivity index (χ1n) is 9.21. The SMILES string of the molecule is COc1cc2cnc(C(=O)Nc3ccc4[nH]c(C(=O)O)cc4c3)cc2c(OC)c1OC. The van der Waals surface area contributed by atoms with Gasteiger partial charge in [-0.25, -0.2) is 4.79 Å². The van der Waals surface area contributed by atoms with E-state index in [4.69, 9.17) is 19.3 Å². The van der Waals surface area contributed by atoms with E-state index < -0.39 is 11.9 Å². The molecule has 9 nitrogen and oxygen atoms in total. The zero-order valence-electron chi connectivity index (χ0n) is 17.0. The van der Waals surface area contributed by atoms with Gasteiger partial charge in [0.2, 0.25) is 5.75 Å². The number of carboxylic acid groups (broad SMARTS) is 1. The van der Waals surface area contributed by atoms with Crippen molar-refractivity contribution in [1.82, 2.24) is 9.97 Å². The van der Waals surface area contributed by atoms with Crippen LogP contribution in [-0.4, -0.2) is 48.3 Å². The van der Waals surface area contributed by atoms with Gasteiger partial charge in [0.15, 0.2) is 11.5 Å². The number of H-pyrrole nitrogens is 1. The fourth-order valence-corrected chi connectivity index (χ4v) is 3.41. The van der Waals surface area contributed by atoms with Gasteiger partial charge >= 0.3 is 5.97 Å². The van der Waals surface area contributed by atoms with Gasteiger partial charge in [-0.15, -0.1) is 0 Å². The van der Waals surface area contributed by atoms with Gasteiger partial charge in [0.1, 0.15) is 11.4 Å². The normalized spacial score (nSPS) is 10.8. The number of carbonyl (C=O) groups is 2. The van der Waals surface area contributed by atoms with Crippen molar-refractivity contribution in [2.75, 3.05) is 26.6 Å². The topological polar surface area (TPSA) is 123 Å². The first-order valence-corrected chi connectivity index (χ1v) is 9.21. The van der Waals surface area contributed by atoms with E-state index in [0.717, 1.165) is 5.39 Å². The first kappa shape index (κ1) is 20.0. The van der Waals surface area contributed by atoms with Gasteiger partial charge in [-0.3, -0.25) is 9.78 Å². The molecule has 0 radical (unpaired) electrons. The summed E-state index contributed by atoms with van der Waals surface area (Å²) in [7, 11) is 4.54. The van der Waals surface area contributed by atoms with Crippen molar-refractivity contribution >= 4 is 39.2 Å². The summed E-state index contributed by atoms with van der Waals surface area (Å²) >= 11 is 0. The maximum absolute atomic E-state index is 12.8. The highest BCUT2D eigenvalue weighted by molar-refractivity contribution is 6.07. The number of nitrogens with zero attached hydrogens (tertiary/aromatic N) is 1. The second-order valence-corrected chi connectivity index (χ2v) is 6.68. The second-order valence-electron chi connectivity index (χ2n) is 6.68. The van der Waals surface area contributed by atoms with Crippen molar-refractivity contribution in [2.45, 2.75) is 0 Å². The molecular formula is C22H19N3O6. The van der Waals surface area contributed by atoms with Crippen molar-refractivity contribution in [3.05, 3.63) is 54.0 Å². The van der Waals surface area contributed by atoms with Crippen LogP contribution >= 0.6 is 0 Å².